The standard InChI is InChI=1S/C24H26O4/c1-24(23(26)28-16-18-11-6-3-7-12-18)20-14-8-13-19(20)21(24)22(25)27-15-17-9-4-2-5-10-17/h2-7,9-12,19-21H,8,13-16H2,1H3. The molecule has 0 aromatic heterocycles. The van der Waals surface area contributed by atoms with Gasteiger partial charge >= 0.3 is 11.9 Å². The Kier molecular flexibility index (Phi) is 5.21. The Balaban J connectivity index is 1.44. The van der Waals surface area contributed by atoms with E-state index in [1.54, 1.807) is 0 Å². The highest BCUT2D eigenvalue weighted by Gasteiger charge is 2.68. The van der Waals surface area contributed by atoms with Crippen molar-refractivity contribution in [3.8, 4) is 0 Å². The molecule has 4 rings (SSSR count). The van der Waals surface area contributed by atoms with Crippen LogP contribution in [0.4, 0.5) is 0 Å². The Morgan fingerprint density at radius 3 is 2.07 bits per heavy atom. The average molecular weight is 378 g/mol. The van der Waals surface area contributed by atoms with Crippen LogP contribution in [0.2, 0.25) is 0 Å². The predicted molar refractivity (Wildman–Crippen MR) is 105 cm³/mol. The molecule has 0 saturated heterocycles. The van der Waals surface area contributed by atoms with E-state index in [9.17, 15) is 9.59 Å². The van der Waals surface area contributed by atoms with Crippen LogP contribution in [-0.2, 0) is 32.3 Å². The summed E-state index contributed by atoms with van der Waals surface area (Å²) in [6.07, 6.45) is 3.01. The van der Waals surface area contributed by atoms with E-state index < -0.39 is 11.3 Å². The molecule has 0 bridgehead atoms. The lowest BCUT2D eigenvalue weighted by Crippen LogP contribution is -2.61. The summed E-state index contributed by atoms with van der Waals surface area (Å²) in [5, 5.41) is 0. The van der Waals surface area contributed by atoms with Crippen molar-refractivity contribution in [2.24, 2.45) is 23.2 Å². The molecular formula is C24H26O4. The summed E-state index contributed by atoms with van der Waals surface area (Å²) < 4.78 is 11.2. The van der Waals surface area contributed by atoms with Crippen molar-refractivity contribution >= 4 is 11.9 Å². The van der Waals surface area contributed by atoms with E-state index in [-0.39, 0.29) is 37.0 Å². The summed E-state index contributed by atoms with van der Waals surface area (Å²) in [5.41, 5.74) is 1.11. The topological polar surface area (TPSA) is 52.6 Å². The highest BCUT2D eigenvalue weighted by molar-refractivity contribution is 5.88. The van der Waals surface area contributed by atoms with Crippen LogP contribution in [0.15, 0.2) is 60.7 Å². The fourth-order valence-corrected chi connectivity index (χ4v) is 5.08. The van der Waals surface area contributed by atoms with Crippen LogP contribution < -0.4 is 0 Å². The number of carbonyl (C=O) groups is 2. The monoisotopic (exact) mass is 378 g/mol. The third-order valence-corrected chi connectivity index (χ3v) is 6.54. The molecule has 0 radical (unpaired) electrons. The second-order valence-electron chi connectivity index (χ2n) is 8.12. The first-order chi connectivity index (χ1) is 13.6. The molecule has 2 saturated carbocycles. The van der Waals surface area contributed by atoms with E-state index in [2.05, 4.69) is 0 Å². The molecule has 0 aliphatic heterocycles. The molecule has 0 spiro atoms. The molecule has 2 aromatic rings. The lowest BCUT2D eigenvalue weighted by atomic mass is 9.48. The maximum absolute atomic E-state index is 13.0. The Bertz CT molecular complexity index is 832. The highest BCUT2D eigenvalue weighted by atomic mass is 16.5. The van der Waals surface area contributed by atoms with Gasteiger partial charge in [0, 0.05) is 0 Å². The number of hydrogen-bond donors (Lipinski definition) is 0. The van der Waals surface area contributed by atoms with Gasteiger partial charge in [0.15, 0.2) is 0 Å². The lowest BCUT2D eigenvalue weighted by molar-refractivity contribution is -0.200. The largest absolute Gasteiger partial charge is 0.461 e. The molecule has 0 amide bonds. The van der Waals surface area contributed by atoms with Gasteiger partial charge in [-0.3, -0.25) is 9.59 Å². The van der Waals surface area contributed by atoms with E-state index in [0.29, 0.717) is 0 Å². The van der Waals surface area contributed by atoms with Crippen LogP contribution in [0.25, 0.3) is 0 Å². The first kappa shape index (κ1) is 18.7. The SMILES string of the molecule is CC1(C(=O)OCc2ccccc2)C2CCCC2C1C(=O)OCc1ccccc1. The van der Waals surface area contributed by atoms with Crippen molar-refractivity contribution in [1.82, 2.24) is 0 Å². The second-order valence-corrected chi connectivity index (χ2v) is 8.12. The van der Waals surface area contributed by atoms with E-state index in [1.165, 1.54) is 0 Å². The minimum absolute atomic E-state index is 0.213. The molecule has 2 aliphatic rings. The van der Waals surface area contributed by atoms with E-state index in [0.717, 1.165) is 30.4 Å². The van der Waals surface area contributed by atoms with Gasteiger partial charge in [0.1, 0.15) is 13.2 Å². The number of esters is 2. The molecule has 4 unspecified atom stereocenters. The molecule has 4 atom stereocenters. The fraction of sp³-hybridized carbons (Fsp3) is 0.417. The van der Waals surface area contributed by atoms with Crippen LogP contribution in [-0.4, -0.2) is 11.9 Å². The van der Waals surface area contributed by atoms with Crippen LogP contribution in [0.1, 0.15) is 37.3 Å². The third-order valence-electron chi connectivity index (χ3n) is 6.54. The first-order valence-electron chi connectivity index (χ1n) is 10.0. The van der Waals surface area contributed by atoms with Crippen molar-refractivity contribution in [1.29, 1.82) is 0 Å². The third kappa shape index (κ3) is 3.32. The van der Waals surface area contributed by atoms with Crippen molar-refractivity contribution in [2.45, 2.75) is 39.4 Å². The first-order valence-corrected chi connectivity index (χ1v) is 10.0. The van der Waals surface area contributed by atoms with Gasteiger partial charge < -0.3 is 9.47 Å². The molecule has 2 aromatic carbocycles. The van der Waals surface area contributed by atoms with Crippen LogP contribution in [0, 0.1) is 23.2 Å². The molecule has 28 heavy (non-hydrogen) atoms. The van der Waals surface area contributed by atoms with Crippen LogP contribution >= 0.6 is 0 Å². The van der Waals surface area contributed by atoms with Gasteiger partial charge in [-0.1, -0.05) is 67.1 Å². The van der Waals surface area contributed by atoms with Gasteiger partial charge in [0.05, 0.1) is 11.3 Å². The molecule has 0 N–H and O–H groups in total. The van der Waals surface area contributed by atoms with E-state index in [4.69, 9.17) is 9.47 Å². The Hall–Kier alpha value is -2.62. The molecule has 2 aliphatic carbocycles. The van der Waals surface area contributed by atoms with Crippen molar-refractivity contribution in [2.75, 3.05) is 0 Å². The van der Waals surface area contributed by atoms with E-state index >= 15 is 0 Å². The number of carbonyl (C=O) groups excluding carboxylic acids is 2. The molecule has 146 valence electrons. The number of hydrogen-bond acceptors (Lipinski definition) is 4. The Morgan fingerprint density at radius 1 is 0.893 bits per heavy atom. The normalized spacial score (nSPS) is 28.1. The number of benzene rings is 2. The molecule has 2 fully saturated rings. The van der Waals surface area contributed by atoms with E-state index in [1.807, 2.05) is 67.6 Å². The lowest BCUT2D eigenvalue weighted by Gasteiger charge is -2.53. The maximum Gasteiger partial charge on any atom is 0.313 e. The predicted octanol–water partition coefficient (Wildman–Crippen LogP) is 4.53. The summed E-state index contributed by atoms with van der Waals surface area (Å²) in [6.45, 7) is 2.36. The summed E-state index contributed by atoms with van der Waals surface area (Å²) in [4.78, 5) is 25.9. The summed E-state index contributed by atoms with van der Waals surface area (Å²) in [5.74, 6) is -0.512. The van der Waals surface area contributed by atoms with Gasteiger partial charge in [0.2, 0.25) is 0 Å². The fourth-order valence-electron chi connectivity index (χ4n) is 5.08. The quantitative estimate of drug-likeness (QED) is 0.693. The molecule has 0 heterocycles. The average Bonchev–Trinajstić information content (AvgIpc) is 3.16. The zero-order valence-corrected chi connectivity index (χ0v) is 16.2. The van der Waals surface area contributed by atoms with Crippen LogP contribution in [0.5, 0.6) is 0 Å². The number of rotatable bonds is 6. The maximum atomic E-state index is 13.0. The summed E-state index contributed by atoms with van der Waals surface area (Å²) in [7, 11) is 0. The van der Waals surface area contributed by atoms with Crippen LogP contribution in [0.3, 0.4) is 0 Å². The number of fused-ring (bicyclic) bond motifs is 1. The van der Waals surface area contributed by atoms with Gasteiger partial charge in [-0.25, -0.2) is 0 Å². The van der Waals surface area contributed by atoms with Gasteiger partial charge in [-0.2, -0.15) is 0 Å². The summed E-state index contributed by atoms with van der Waals surface area (Å²) >= 11 is 0. The zero-order chi connectivity index (χ0) is 19.6. The van der Waals surface area contributed by atoms with Gasteiger partial charge in [-0.15, -0.1) is 0 Å². The Morgan fingerprint density at radius 2 is 1.46 bits per heavy atom. The molecular weight excluding hydrogens is 352 g/mol. The minimum atomic E-state index is -0.788. The smallest absolute Gasteiger partial charge is 0.313 e. The highest BCUT2D eigenvalue weighted by Crippen LogP contribution is 2.63. The molecule has 4 heteroatoms. The second kappa shape index (κ2) is 7.78. The summed E-state index contributed by atoms with van der Waals surface area (Å²) in [6, 6.07) is 19.3. The molecule has 4 nitrogen and oxygen atoms in total. The van der Waals surface area contributed by atoms with Crippen molar-refractivity contribution < 1.29 is 19.1 Å². The zero-order valence-electron chi connectivity index (χ0n) is 16.2. The van der Waals surface area contributed by atoms with Crippen molar-refractivity contribution in [3.63, 3.8) is 0 Å². The Labute approximate surface area is 165 Å². The minimum Gasteiger partial charge on any atom is -0.461 e. The van der Waals surface area contributed by atoms with Gasteiger partial charge in [0.25, 0.3) is 0 Å². The van der Waals surface area contributed by atoms with Gasteiger partial charge in [-0.05, 0) is 42.7 Å². The van der Waals surface area contributed by atoms with Crippen molar-refractivity contribution in [3.05, 3.63) is 71.8 Å². The number of ether oxygens (including phenoxy) is 2.